The summed E-state index contributed by atoms with van der Waals surface area (Å²) in [7, 11) is 0. The van der Waals surface area contributed by atoms with Crippen molar-refractivity contribution in [3.05, 3.63) is 54.2 Å². The van der Waals surface area contributed by atoms with E-state index in [-0.39, 0.29) is 0 Å². The monoisotopic (exact) mass is 447 g/mol. The van der Waals surface area contributed by atoms with E-state index in [9.17, 15) is 5.11 Å². The number of rotatable bonds is 7. The Labute approximate surface area is 195 Å². The average Bonchev–Trinajstić information content (AvgIpc) is 3.09. The van der Waals surface area contributed by atoms with E-state index in [0.29, 0.717) is 12.5 Å². The number of fused-ring (bicyclic) bond motifs is 2. The summed E-state index contributed by atoms with van der Waals surface area (Å²) in [5, 5.41) is 14.0. The average molecular weight is 448 g/mol. The third kappa shape index (κ3) is 5.37. The van der Waals surface area contributed by atoms with Crippen molar-refractivity contribution in [2.75, 3.05) is 49.5 Å². The lowest BCUT2D eigenvalue weighted by Crippen LogP contribution is -2.31. The number of para-hydroxylation sites is 1. The maximum atomic E-state index is 9.76. The van der Waals surface area contributed by atoms with E-state index in [1.165, 1.54) is 11.1 Å². The van der Waals surface area contributed by atoms with Gasteiger partial charge in [-0.3, -0.25) is 4.98 Å². The SMILES string of the molecule is OC1CCc2ccc(OCCCCN3CCCN(c4cccc5cccnc45)CC3)nc2N1. The number of benzene rings is 1. The molecule has 0 bridgehead atoms. The van der Waals surface area contributed by atoms with E-state index in [1.807, 2.05) is 24.4 Å². The summed E-state index contributed by atoms with van der Waals surface area (Å²) in [6.45, 7) is 6.07. The number of nitrogens with one attached hydrogen (secondary N) is 1. The second-order valence-electron chi connectivity index (χ2n) is 8.95. The standard InChI is InChI=1S/C26H33N5O2/c32-23-11-9-21-10-12-24(29-26(21)28-23)33-19-2-1-14-30-15-5-16-31(18-17-30)22-8-3-6-20-7-4-13-27-25(20)22/h3-4,6-8,10,12-13,23,32H,1-2,5,9,11,14-19H2,(H,28,29). The number of pyridine rings is 2. The predicted molar refractivity (Wildman–Crippen MR) is 132 cm³/mol. The molecule has 1 aromatic carbocycles. The number of aromatic nitrogens is 2. The van der Waals surface area contributed by atoms with Crippen LogP contribution in [0, 0.1) is 0 Å². The molecule has 33 heavy (non-hydrogen) atoms. The fourth-order valence-electron chi connectivity index (χ4n) is 4.79. The zero-order valence-corrected chi connectivity index (χ0v) is 19.1. The smallest absolute Gasteiger partial charge is 0.215 e. The minimum absolute atomic E-state index is 0.512. The van der Waals surface area contributed by atoms with E-state index in [4.69, 9.17) is 4.74 Å². The van der Waals surface area contributed by atoms with Gasteiger partial charge < -0.3 is 25.0 Å². The number of aliphatic hydroxyl groups is 1. The fourth-order valence-corrected chi connectivity index (χ4v) is 4.79. The van der Waals surface area contributed by atoms with Crippen molar-refractivity contribution in [3.63, 3.8) is 0 Å². The molecule has 5 rings (SSSR count). The van der Waals surface area contributed by atoms with Crippen LogP contribution in [-0.4, -0.2) is 65.5 Å². The van der Waals surface area contributed by atoms with Crippen LogP contribution in [0.15, 0.2) is 48.7 Å². The zero-order chi connectivity index (χ0) is 22.5. The Morgan fingerprint density at radius 3 is 2.94 bits per heavy atom. The molecule has 0 radical (unpaired) electrons. The summed E-state index contributed by atoms with van der Waals surface area (Å²) in [6.07, 6.45) is 6.22. The third-order valence-electron chi connectivity index (χ3n) is 6.60. The first-order chi connectivity index (χ1) is 16.3. The second kappa shape index (κ2) is 10.4. The summed E-state index contributed by atoms with van der Waals surface area (Å²) < 4.78 is 5.87. The predicted octanol–water partition coefficient (Wildman–Crippen LogP) is 3.68. The maximum absolute atomic E-state index is 9.76. The first-order valence-electron chi connectivity index (χ1n) is 12.1. The Hall–Kier alpha value is -2.90. The number of nitrogens with zero attached hydrogens (tertiary/aromatic N) is 4. The summed E-state index contributed by atoms with van der Waals surface area (Å²) >= 11 is 0. The molecule has 1 unspecified atom stereocenters. The highest BCUT2D eigenvalue weighted by molar-refractivity contribution is 5.90. The van der Waals surface area contributed by atoms with E-state index in [0.717, 1.165) is 81.7 Å². The Bertz CT molecular complexity index is 1070. The topological polar surface area (TPSA) is 73.8 Å². The number of hydrogen-bond acceptors (Lipinski definition) is 7. The summed E-state index contributed by atoms with van der Waals surface area (Å²) in [4.78, 5) is 14.2. The largest absolute Gasteiger partial charge is 0.478 e. The molecular formula is C26H33N5O2. The fraction of sp³-hybridized carbons (Fsp3) is 0.462. The lowest BCUT2D eigenvalue weighted by molar-refractivity contribution is 0.188. The molecule has 4 heterocycles. The summed E-state index contributed by atoms with van der Waals surface area (Å²) in [6, 6.07) is 14.6. The molecule has 0 amide bonds. The molecule has 1 saturated heterocycles. The van der Waals surface area contributed by atoms with Gasteiger partial charge >= 0.3 is 0 Å². The van der Waals surface area contributed by atoms with Crippen LogP contribution in [0.2, 0.25) is 0 Å². The molecule has 1 fully saturated rings. The Morgan fingerprint density at radius 2 is 1.97 bits per heavy atom. The number of ether oxygens (including phenoxy) is 1. The van der Waals surface area contributed by atoms with Crippen molar-refractivity contribution in [2.24, 2.45) is 0 Å². The summed E-state index contributed by atoms with van der Waals surface area (Å²) in [5.41, 5.74) is 3.50. The Balaban J connectivity index is 1.06. The van der Waals surface area contributed by atoms with Crippen molar-refractivity contribution in [3.8, 4) is 5.88 Å². The van der Waals surface area contributed by atoms with Gasteiger partial charge in [0.05, 0.1) is 17.8 Å². The first kappa shape index (κ1) is 21.9. The number of aliphatic hydroxyl groups excluding tert-OH is 1. The van der Waals surface area contributed by atoms with Gasteiger partial charge in [-0.25, -0.2) is 0 Å². The van der Waals surface area contributed by atoms with E-state index >= 15 is 0 Å². The van der Waals surface area contributed by atoms with Crippen LogP contribution < -0.4 is 15.0 Å². The van der Waals surface area contributed by atoms with E-state index in [2.05, 4.69) is 49.4 Å². The number of aryl methyl sites for hydroxylation is 1. The lowest BCUT2D eigenvalue weighted by Gasteiger charge is -2.24. The minimum Gasteiger partial charge on any atom is -0.478 e. The van der Waals surface area contributed by atoms with E-state index in [1.54, 1.807) is 0 Å². The molecular weight excluding hydrogens is 414 g/mol. The highest BCUT2D eigenvalue weighted by Gasteiger charge is 2.18. The Morgan fingerprint density at radius 1 is 1.03 bits per heavy atom. The van der Waals surface area contributed by atoms with Crippen LogP contribution in [0.25, 0.3) is 10.9 Å². The number of anilines is 2. The molecule has 2 N–H and O–H groups in total. The molecule has 7 nitrogen and oxygen atoms in total. The molecule has 7 heteroatoms. The number of hydrogen-bond donors (Lipinski definition) is 2. The van der Waals surface area contributed by atoms with Crippen LogP contribution in [0.4, 0.5) is 11.5 Å². The van der Waals surface area contributed by atoms with Crippen molar-refractivity contribution in [1.29, 1.82) is 0 Å². The van der Waals surface area contributed by atoms with Gasteiger partial charge in [0, 0.05) is 37.3 Å². The highest BCUT2D eigenvalue weighted by atomic mass is 16.5. The van der Waals surface area contributed by atoms with Gasteiger partial charge in [0.1, 0.15) is 12.0 Å². The molecule has 3 aromatic rings. The molecule has 1 atom stereocenters. The molecule has 0 aliphatic carbocycles. The molecule has 174 valence electrons. The molecule has 2 aliphatic heterocycles. The van der Waals surface area contributed by atoms with Crippen molar-refractivity contribution in [1.82, 2.24) is 14.9 Å². The lowest BCUT2D eigenvalue weighted by atomic mass is 10.1. The van der Waals surface area contributed by atoms with Crippen LogP contribution >= 0.6 is 0 Å². The second-order valence-corrected chi connectivity index (χ2v) is 8.95. The van der Waals surface area contributed by atoms with Crippen molar-refractivity contribution >= 4 is 22.4 Å². The molecule has 2 aromatic heterocycles. The van der Waals surface area contributed by atoms with Gasteiger partial charge in [-0.1, -0.05) is 18.2 Å². The van der Waals surface area contributed by atoms with Gasteiger partial charge in [-0.15, -0.1) is 0 Å². The van der Waals surface area contributed by atoms with Crippen LogP contribution in [0.3, 0.4) is 0 Å². The zero-order valence-electron chi connectivity index (χ0n) is 19.1. The first-order valence-corrected chi connectivity index (χ1v) is 12.1. The van der Waals surface area contributed by atoms with Gasteiger partial charge in [-0.05, 0) is 69.0 Å². The van der Waals surface area contributed by atoms with Gasteiger partial charge in [0.2, 0.25) is 5.88 Å². The quantitative estimate of drug-likeness (QED) is 0.535. The van der Waals surface area contributed by atoms with Crippen LogP contribution in [0.1, 0.15) is 31.2 Å². The van der Waals surface area contributed by atoms with Crippen molar-refractivity contribution < 1.29 is 9.84 Å². The van der Waals surface area contributed by atoms with Gasteiger partial charge in [0.25, 0.3) is 0 Å². The molecule has 2 aliphatic rings. The maximum Gasteiger partial charge on any atom is 0.215 e. The third-order valence-corrected chi connectivity index (χ3v) is 6.60. The van der Waals surface area contributed by atoms with E-state index < -0.39 is 6.23 Å². The minimum atomic E-state index is -0.512. The molecule has 0 saturated carbocycles. The highest BCUT2D eigenvalue weighted by Crippen LogP contribution is 2.26. The number of unbranched alkanes of at least 4 members (excludes halogenated alkanes) is 1. The summed E-state index contributed by atoms with van der Waals surface area (Å²) in [5.74, 6) is 1.38. The Kier molecular flexibility index (Phi) is 6.88. The molecule has 0 spiro atoms. The van der Waals surface area contributed by atoms with Crippen LogP contribution in [0.5, 0.6) is 5.88 Å². The van der Waals surface area contributed by atoms with Crippen molar-refractivity contribution in [2.45, 2.75) is 38.3 Å². The van der Waals surface area contributed by atoms with Crippen LogP contribution in [-0.2, 0) is 6.42 Å². The van der Waals surface area contributed by atoms with Gasteiger partial charge in [-0.2, -0.15) is 4.98 Å². The van der Waals surface area contributed by atoms with Gasteiger partial charge in [0.15, 0.2) is 0 Å². The normalized spacial score (nSPS) is 19.1.